The van der Waals surface area contributed by atoms with Crippen LogP contribution in [-0.4, -0.2) is 59.9 Å². The number of rotatable bonds is 4. The molecule has 4 heterocycles. The summed E-state index contributed by atoms with van der Waals surface area (Å²) in [6.45, 7) is 11.1. The van der Waals surface area contributed by atoms with Crippen LogP contribution in [0.4, 0.5) is 0 Å². The van der Waals surface area contributed by atoms with Crippen molar-refractivity contribution in [3.8, 4) is 0 Å². The number of nitrogens with zero attached hydrogens (tertiary/aromatic N) is 2. The Morgan fingerprint density at radius 3 is 2.70 bits per heavy atom. The number of nitrogens with one attached hydrogen (secondary N) is 1. The Labute approximate surface area is 166 Å². The Morgan fingerprint density at radius 2 is 2.07 bits per heavy atom. The van der Waals surface area contributed by atoms with E-state index in [-0.39, 0.29) is 23.3 Å². The third kappa shape index (κ3) is 3.42. The Balaban J connectivity index is 1.41. The molecule has 0 aromatic carbocycles. The van der Waals surface area contributed by atoms with Crippen molar-refractivity contribution >= 4 is 23.2 Å². The molecular formula is C21H31N3O2S. The quantitative estimate of drug-likeness (QED) is 0.862. The summed E-state index contributed by atoms with van der Waals surface area (Å²) >= 11 is 1.57. The van der Waals surface area contributed by atoms with Gasteiger partial charge in [-0.1, -0.05) is 20.3 Å². The molecule has 5 nitrogen and oxygen atoms in total. The van der Waals surface area contributed by atoms with Gasteiger partial charge in [0.25, 0.3) is 5.91 Å². The summed E-state index contributed by atoms with van der Waals surface area (Å²) in [6.07, 6.45) is 2.95. The van der Waals surface area contributed by atoms with E-state index in [0.29, 0.717) is 11.8 Å². The lowest BCUT2D eigenvalue weighted by Gasteiger charge is -2.42. The molecule has 27 heavy (non-hydrogen) atoms. The van der Waals surface area contributed by atoms with Gasteiger partial charge < -0.3 is 15.1 Å². The van der Waals surface area contributed by atoms with Crippen LogP contribution in [0.3, 0.4) is 0 Å². The maximum atomic E-state index is 12.8. The first-order chi connectivity index (χ1) is 12.9. The first-order valence-corrected chi connectivity index (χ1v) is 11.1. The third-order valence-electron chi connectivity index (χ3n) is 6.98. The van der Waals surface area contributed by atoms with Gasteiger partial charge in [-0.15, -0.1) is 11.3 Å². The monoisotopic (exact) mass is 389 g/mol. The maximum Gasteiger partial charge on any atom is 0.263 e. The van der Waals surface area contributed by atoms with Crippen molar-refractivity contribution in [2.24, 2.45) is 17.8 Å². The van der Waals surface area contributed by atoms with Crippen LogP contribution in [-0.2, 0) is 4.79 Å². The zero-order valence-electron chi connectivity index (χ0n) is 16.7. The van der Waals surface area contributed by atoms with E-state index < -0.39 is 0 Å². The lowest BCUT2D eigenvalue weighted by atomic mass is 9.75. The summed E-state index contributed by atoms with van der Waals surface area (Å²) in [5.41, 5.74) is -0.103. The van der Waals surface area contributed by atoms with Gasteiger partial charge in [-0.2, -0.15) is 0 Å². The second-order valence-corrected chi connectivity index (χ2v) is 10.1. The Kier molecular flexibility index (Phi) is 5.06. The van der Waals surface area contributed by atoms with Gasteiger partial charge in [-0.25, -0.2) is 0 Å². The molecule has 3 aliphatic heterocycles. The van der Waals surface area contributed by atoms with Crippen LogP contribution in [0, 0.1) is 24.7 Å². The van der Waals surface area contributed by atoms with Gasteiger partial charge in [0.15, 0.2) is 0 Å². The molecule has 1 N–H and O–H groups in total. The number of thiophene rings is 1. The molecular weight excluding hydrogens is 358 g/mol. The number of likely N-dealkylation sites (tertiary alicyclic amines) is 2. The average Bonchev–Trinajstić information content (AvgIpc) is 3.33. The minimum atomic E-state index is -0.103. The molecule has 4 rings (SSSR count). The van der Waals surface area contributed by atoms with Gasteiger partial charge in [-0.05, 0) is 37.8 Å². The van der Waals surface area contributed by atoms with Crippen LogP contribution in [0.2, 0.25) is 0 Å². The predicted molar refractivity (Wildman–Crippen MR) is 108 cm³/mol. The topological polar surface area (TPSA) is 52.7 Å². The van der Waals surface area contributed by atoms with Crippen molar-refractivity contribution in [3.05, 3.63) is 21.9 Å². The zero-order chi connectivity index (χ0) is 19.2. The fourth-order valence-electron chi connectivity index (χ4n) is 5.17. The molecule has 0 unspecified atom stereocenters. The highest BCUT2D eigenvalue weighted by atomic mass is 32.1. The number of fused-ring (bicyclic) bond motifs is 2. The van der Waals surface area contributed by atoms with E-state index in [9.17, 15) is 9.59 Å². The summed E-state index contributed by atoms with van der Waals surface area (Å²) in [4.78, 5) is 31.9. The second kappa shape index (κ2) is 7.21. The molecule has 3 atom stereocenters. The van der Waals surface area contributed by atoms with E-state index in [1.807, 2.05) is 24.0 Å². The van der Waals surface area contributed by atoms with Gasteiger partial charge in [0, 0.05) is 49.1 Å². The highest BCUT2D eigenvalue weighted by molar-refractivity contribution is 7.13. The van der Waals surface area contributed by atoms with Crippen LogP contribution in [0.15, 0.2) is 12.1 Å². The van der Waals surface area contributed by atoms with Crippen LogP contribution < -0.4 is 5.32 Å². The van der Waals surface area contributed by atoms with Crippen molar-refractivity contribution in [1.29, 1.82) is 0 Å². The SMILES string of the molecule is CC[C@@H](C)CN1C[C@H]2C(=O)NC3(CCN(C(=O)c4ccc(C)s4)CC3)[C@H]2C1. The van der Waals surface area contributed by atoms with Crippen molar-refractivity contribution in [2.75, 3.05) is 32.7 Å². The fourth-order valence-corrected chi connectivity index (χ4v) is 6.01. The Bertz CT molecular complexity index is 723. The normalized spacial score (nSPS) is 28.4. The molecule has 6 heteroatoms. The van der Waals surface area contributed by atoms with Crippen molar-refractivity contribution in [1.82, 2.24) is 15.1 Å². The molecule has 3 fully saturated rings. The van der Waals surface area contributed by atoms with Gasteiger partial charge in [0.1, 0.15) is 0 Å². The van der Waals surface area contributed by atoms with Gasteiger partial charge in [-0.3, -0.25) is 9.59 Å². The number of aryl methyl sites for hydroxylation is 1. The molecule has 0 bridgehead atoms. The van der Waals surface area contributed by atoms with E-state index in [4.69, 9.17) is 0 Å². The second-order valence-electron chi connectivity index (χ2n) is 8.79. The Morgan fingerprint density at radius 1 is 1.33 bits per heavy atom. The summed E-state index contributed by atoms with van der Waals surface area (Å²) < 4.78 is 0. The van der Waals surface area contributed by atoms with Gasteiger partial charge >= 0.3 is 0 Å². The maximum absolute atomic E-state index is 12.8. The summed E-state index contributed by atoms with van der Waals surface area (Å²) in [7, 11) is 0. The standard InChI is InChI=1S/C21H31N3O2S/c1-4-14(2)11-23-12-16-17(13-23)21(22-19(16)25)7-9-24(10-8-21)20(26)18-6-5-15(3)27-18/h5-6,14,16-17H,4,7-13H2,1-3H3,(H,22,25)/t14-,16-,17+/m1/s1. The zero-order valence-corrected chi connectivity index (χ0v) is 17.5. The van der Waals surface area contributed by atoms with E-state index >= 15 is 0 Å². The van der Waals surface area contributed by atoms with Crippen LogP contribution in [0.25, 0.3) is 0 Å². The number of carbonyl (C=O) groups is 2. The van der Waals surface area contributed by atoms with Crippen LogP contribution >= 0.6 is 11.3 Å². The molecule has 1 aromatic heterocycles. The average molecular weight is 390 g/mol. The fraction of sp³-hybridized carbons (Fsp3) is 0.714. The number of piperidine rings is 1. The van der Waals surface area contributed by atoms with E-state index in [2.05, 4.69) is 24.1 Å². The van der Waals surface area contributed by atoms with Gasteiger partial charge in [0.05, 0.1) is 10.8 Å². The molecule has 3 aliphatic rings. The molecule has 1 aromatic rings. The first-order valence-electron chi connectivity index (χ1n) is 10.3. The smallest absolute Gasteiger partial charge is 0.263 e. The molecule has 0 saturated carbocycles. The highest BCUT2D eigenvalue weighted by Gasteiger charge is 2.57. The van der Waals surface area contributed by atoms with Crippen LogP contribution in [0.5, 0.6) is 0 Å². The number of amides is 2. The summed E-state index contributed by atoms with van der Waals surface area (Å²) in [6, 6.07) is 3.94. The summed E-state index contributed by atoms with van der Waals surface area (Å²) in [5.74, 6) is 1.59. The van der Waals surface area contributed by atoms with Crippen LogP contribution in [0.1, 0.15) is 47.7 Å². The highest BCUT2D eigenvalue weighted by Crippen LogP contribution is 2.44. The predicted octanol–water partition coefficient (Wildman–Crippen LogP) is 2.76. The minimum Gasteiger partial charge on any atom is -0.350 e. The number of hydrogen-bond donors (Lipinski definition) is 1. The first kappa shape index (κ1) is 18.9. The third-order valence-corrected chi connectivity index (χ3v) is 7.96. The Hall–Kier alpha value is -1.40. The van der Waals surface area contributed by atoms with Gasteiger partial charge in [0.2, 0.25) is 5.91 Å². The molecule has 148 valence electrons. The largest absolute Gasteiger partial charge is 0.350 e. The molecule has 2 amide bonds. The van der Waals surface area contributed by atoms with E-state index in [0.717, 1.165) is 50.4 Å². The van der Waals surface area contributed by atoms with Crippen molar-refractivity contribution in [3.63, 3.8) is 0 Å². The lowest BCUT2D eigenvalue weighted by Crippen LogP contribution is -2.56. The minimum absolute atomic E-state index is 0.103. The number of hydrogen-bond acceptors (Lipinski definition) is 4. The van der Waals surface area contributed by atoms with Crippen molar-refractivity contribution < 1.29 is 9.59 Å². The van der Waals surface area contributed by atoms with E-state index in [1.165, 1.54) is 11.3 Å². The molecule has 0 radical (unpaired) electrons. The molecule has 0 aliphatic carbocycles. The number of carbonyl (C=O) groups excluding carboxylic acids is 2. The molecule has 3 saturated heterocycles. The summed E-state index contributed by atoms with van der Waals surface area (Å²) in [5, 5.41) is 3.36. The van der Waals surface area contributed by atoms with E-state index in [1.54, 1.807) is 11.3 Å². The lowest BCUT2D eigenvalue weighted by molar-refractivity contribution is -0.123. The van der Waals surface area contributed by atoms with Crippen molar-refractivity contribution in [2.45, 2.75) is 45.6 Å². The molecule has 1 spiro atoms.